The van der Waals surface area contributed by atoms with Crippen LogP contribution in [-0.4, -0.2) is 68.5 Å². The molecule has 0 fully saturated rings. The minimum absolute atomic E-state index is 0.185. The number of aliphatic hydroxyl groups is 2. The van der Waals surface area contributed by atoms with E-state index in [1.807, 2.05) is 67.2 Å². The summed E-state index contributed by atoms with van der Waals surface area (Å²) in [5.74, 6) is 1.49. The lowest BCUT2D eigenvalue weighted by molar-refractivity contribution is 0.0999. The van der Waals surface area contributed by atoms with E-state index in [9.17, 15) is 15.0 Å². The van der Waals surface area contributed by atoms with Crippen LogP contribution in [0.1, 0.15) is 78.3 Å². The number of methoxy groups -OCH3 is 1. The van der Waals surface area contributed by atoms with Crippen molar-refractivity contribution in [2.45, 2.75) is 78.7 Å². The summed E-state index contributed by atoms with van der Waals surface area (Å²) in [6.45, 7) is 9.74. The molecule has 0 aliphatic carbocycles. The van der Waals surface area contributed by atoms with Gasteiger partial charge in [-0.25, -0.2) is 9.97 Å². The fraction of sp³-hybridized carbons (Fsp3) is 0.400. The molecule has 268 valence electrons. The molecular weight excluding hydrogens is 654 g/mol. The molecule has 2 unspecified atom stereocenters. The number of aryl methyl sites for hydroxylation is 5. The second-order valence-electron chi connectivity index (χ2n) is 12.7. The average Bonchev–Trinajstić information content (AvgIpc) is 3.88. The van der Waals surface area contributed by atoms with Crippen LogP contribution in [-0.2, 0) is 19.6 Å². The fourth-order valence-electron chi connectivity index (χ4n) is 6.98. The molecule has 4 aromatic heterocycles. The molecule has 0 spiro atoms. The summed E-state index contributed by atoms with van der Waals surface area (Å²) in [6.07, 6.45) is -0.822. The summed E-state index contributed by atoms with van der Waals surface area (Å²) < 4.78 is 19.5. The van der Waals surface area contributed by atoms with E-state index in [0.717, 1.165) is 22.4 Å². The molecule has 7 rings (SSSR count). The predicted octanol–water partition coefficient (Wildman–Crippen LogP) is 4.16. The molecule has 6 N–H and O–H groups in total. The molecule has 16 heteroatoms. The van der Waals surface area contributed by atoms with Crippen LogP contribution >= 0.6 is 0 Å². The maximum Gasteiger partial charge on any atom is 0.248 e. The molecule has 51 heavy (non-hydrogen) atoms. The average molecular weight is 698 g/mol. The molecule has 0 saturated heterocycles. The number of amides is 1. The number of ether oxygens (including phenoxy) is 2. The Labute approximate surface area is 293 Å². The molecule has 1 aliphatic rings. The van der Waals surface area contributed by atoms with Gasteiger partial charge in [0.05, 0.1) is 47.0 Å². The highest BCUT2D eigenvalue weighted by molar-refractivity contribution is 5.99. The standard InChI is InChI=1S/C35H43N11O5/c1-6-44-25(14-19(3)41-44)32(48)39-34-37-23-11-8-12-27(50-5)29(23)43(34)13-9-10-22-18-51-28-17-21(31(36)47)16-24-30(28)46(22)35(38-24)40-33(49)26-15-20(4)42-45(26)7-2/h8,11-12,14-17,22,32-33,48-49H,6-7,9-10,13,18H2,1-5H3,(H2,36,47)(H,37,39)(H,38,40)/t22-,32?,33?/m0/s1. The summed E-state index contributed by atoms with van der Waals surface area (Å²) in [5.41, 5.74) is 11.5. The van der Waals surface area contributed by atoms with Gasteiger partial charge in [-0.15, -0.1) is 0 Å². The van der Waals surface area contributed by atoms with Gasteiger partial charge in [0.25, 0.3) is 0 Å². The fourth-order valence-corrected chi connectivity index (χ4v) is 6.98. The number of carbonyl (C=O) groups excluding carboxylic acids is 1. The number of rotatable bonds is 14. The van der Waals surface area contributed by atoms with Crippen molar-refractivity contribution in [2.75, 3.05) is 24.4 Å². The number of imidazole rings is 2. The number of aliphatic hydroxyl groups excluding tert-OH is 2. The number of nitrogens with zero attached hydrogens (tertiary/aromatic N) is 8. The summed E-state index contributed by atoms with van der Waals surface area (Å²) >= 11 is 0. The number of para-hydroxylation sites is 1. The van der Waals surface area contributed by atoms with Crippen LogP contribution in [0, 0.1) is 13.8 Å². The van der Waals surface area contributed by atoms with E-state index in [1.165, 1.54) is 0 Å². The van der Waals surface area contributed by atoms with Crippen LogP contribution in [0.3, 0.4) is 0 Å². The van der Waals surface area contributed by atoms with Crippen molar-refractivity contribution in [3.63, 3.8) is 0 Å². The number of aromatic nitrogens is 8. The summed E-state index contributed by atoms with van der Waals surface area (Å²) in [7, 11) is 1.62. The molecule has 2 aromatic carbocycles. The predicted molar refractivity (Wildman–Crippen MR) is 191 cm³/mol. The normalized spacial score (nSPS) is 15.2. The number of hydrogen-bond acceptors (Lipinski definition) is 11. The third-order valence-corrected chi connectivity index (χ3v) is 9.26. The highest BCUT2D eigenvalue weighted by atomic mass is 16.5. The first-order chi connectivity index (χ1) is 24.6. The molecule has 1 amide bonds. The van der Waals surface area contributed by atoms with Crippen LogP contribution in [0.5, 0.6) is 11.5 Å². The number of anilines is 2. The first-order valence-corrected chi connectivity index (χ1v) is 17.1. The first-order valence-electron chi connectivity index (χ1n) is 17.1. The van der Waals surface area contributed by atoms with Gasteiger partial charge in [-0.3, -0.25) is 14.2 Å². The van der Waals surface area contributed by atoms with Gasteiger partial charge in [-0.05, 0) is 76.9 Å². The Kier molecular flexibility index (Phi) is 9.03. The molecule has 3 atom stereocenters. The summed E-state index contributed by atoms with van der Waals surface area (Å²) in [6, 6.07) is 12.5. The number of primary amides is 1. The second kappa shape index (κ2) is 13.6. The van der Waals surface area contributed by atoms with Gasteiger partial charge in [-0.2, -0.15) is 10.2 Å². The van der Waals surface area contributed by atoms with Gasteiger partial charge >= 0.3 is 0 Å². The van der Waals surface area contributed by atoms with Gasteiger partial charge < -0.3 is 45.2 Å². The Morgan fingerprint density at radius 1 is 0.961 bits per heavy atom. The molecule has 16 nitrogen and oxygen atoms in total. The molecule has 6 aromatic rings. The van der Waals surface area contributed by atoms with Crippen LogP contribution in [0.2, 0.25) is 0 Å². The maximum absolute atomic E-state index is 12.1. The topological polar surface area (TPSA) is 197 Å². The van der Waals surface area contributed by atoms with Crippen LogP contribution < -0.4 is 25.8 Å². The van der Waals surface area contributed by atoms with E-state index in [2.05, 4.69) is 20.8 Å². The Morgan fingerprint density at radius 2 is 1.61 bits per heavy atom. The number of benzene rings is 2. The zero-order valence-electron chi connectivity index (χ0n) is 29.3. The van der Waals surface area contributed by atoms with Gasteiger partial charge in [0.2, 0.25) is 17.8 Å². The van der Waals surface area contributed by atoms with Crippen LogP contribution in [0.4, 0.5) is 11.9 Å². The monoisotopic (exact) mass is 697 g/mol. The number of nitrogens with one attached hydrogen (secondary N) is 2. The number of fused-ring (bicyclic) bond motifs is 1. The number of carbonyl (C=O) groups is 1. The minimum Gasteiger partial charge on any atom is -0.494 e. The minimum atomic E-state index is -1.10. The van der Waals surface area contributed by atoms with Crippen LogP contribution in [0.25, 0.3) is 22.1 Å². The molecular formula is C35H43N11O5. The Balaban J connectivity index is 1.20. The van der Waals surface area contributed by atoms with Crippen molar-refractivity contribution in [1.82, 2.24) is 38.7 Å². The zero-order chi connectivity index (χ0) is 36.0. The lowest BCUT2D eigenvalue weighted by Crippen LogP contribution is -2.26. The lowest BCUT2D eigenvalue weighted by Gasteiger charge is -2.28. The van der Waals surface area contributed by atoms with Crippen molar-refractivity contribution >= 4 is 39.9 Å². The van der Waals surface area contributed by atoms with E-state index >= 15 is 0 Å². The van der Waals surface area contributed by atoms with Crippen molar-refractivity contribution < 1.29 is 24.5 Å². The number of hydrogen-bond donors (Lipinski definition) is 5. The highest BCUT2D eigenvalue weighted by Gasteiger charge is 2.30. The third-order valence-electron chi connectivity index (χ3n) is 9.26. The van der Waals surface area contributed by atoms with Crippen molar-refractivity contribution in [3.8, 4) is 11.5 Å². The van der Waals surface area contributed by atoms with E-state index in [1.54, 1.807) is 28.6 Å². The molecule has 0 saturated carbocycles. The van der Waals surface area contributed by atoms with Crippen molar-refractivity contribution in [1.29, 1.82) is 0 Å². The summed E-state index contributed by atoms with van der Waals surface area (Å²) in [5, 5.41) is 38.0. The first kappa shape index (κ1) is 33.9. The van der Waals surface area contributed by atoms with E-state index in [0.29, 0.717) is 84.9 Å². The third kappa shape index (κ3) is 6.20. The Bertz CT molecular complexity index is 2230. The maximum atomic E-state index is 12.1. The SMILES string of the molecule is CCn1nc(C)cc1C(O)Nc1nc2cccc(OC)c2n1CCC[C@H]1COc2cc(C(N)=O)cc3nc(NC(O)c4cc(C)nn4CC)n1c23. The number of nitrogens with two attached hydrogens (primary N) is 1. The Morgan fingerprint density at radius 3 is 2.24 bits per heavy atom. The van der Waals surface area contributed by atoms with Gasteiger partial charge in [0, 0.05) is 25.2 Å². The quantitative estimate of drug-likeness (QED) is 0.103. The van der Waals surface area contributed by atoms with E-state index in [-0.39, 0.29) is 11.6 Å². The molecule has 0 radical (unpaired) electrons. The van der Waals surface area contributed by atoms with E-state index in [4.69, 9.17) is 25.2 Å². The Hall–Kier alpha value is -5.61. The van der Waals surface area contributed by atoms with Gasteiger partial charge in [0.1, 0.15) is 29.1 Å². The lowest BCUT2D eigenvalue weighted by atomic mass is 10.1. The van der Waals surface area contributed by atoms with Crippen molar-refractivity contribution in [2.24, 2.45) is 5.73 Å². The molecule has 5 heterocycles. The largest absolute Gasteiger partial charge is 0.494 e. The van der Waals surface area contributed by atoms with E-state index < -0.39 is 18.4 Å². The summed E-state index contributed by atoms with van der Waals surface area (Å²) in [4.78, 5) is 21.8. The van der Waals surface area contributed by atoms with Gasteiger partial charge in [0.15, 0.2) is 12.5 Å². The molecule has 1 aliphatic heterocycles. The highest BCUT2D eigenvalue weighted by Crippen LogP contribution is 2.40. The van der Waals surface area contributed by atoms with Crippen molar-refractivity contribution in [3.05, 3.63) is 70.8 Å². The smallest absolute Gasteiger partial charge is 0.248 e. The van der Waals surface area contributed by atoms with Gasteiger partial charge in [-0.1, -0.05) is 6.07 Å². The molecule has 0 bridgehead atoms. The zero-order valence-corrected chi connectivity index (χ0v) is 29.3. The van der Waals surface area contributed by atoms with Crippen LogP contribution in [0.15, 0.2) is 42.5 Å². The second-order valence-corrected chi connectivity index (χ2v) is 12.7.